The van der Waals surface area contributed by atoms with Crippen LogP contribution >= 0.6 is 0 Å². The number of hydrogen-bond acceptors (Lipinski definition) is 7. The molecule has 1 aliphatic rings. The number of benzene rings is 1. The van der Waals surface area contributed by atoms with Crippen molar-refractivity contribution < 1.29 is 18.3 Å². The predicted octanol–water partition coefficient (Wildman–Crippen LogP) is 2.86. The van der Waals surface area contributed by atoms with E-state index < -0.39 is 23.0 Å². The summed E-state index contributed by atoms with van der Waals surface area (Å²) in [6.07, 6.45) is 5.30. The molecule has 1 aliphatic carbocycles. The second kappa shape index (κ2) is 8.69. The summed E-state index contributed by atoms with van der Waals surface area (Å²) in [6, 6.07) is 2.86. The van der Waals surface area contributed by atoms with E-state index in [0.29, 0.717) is 12.0 Å². The van der Waals surface area contributed by atoms with Crippen molar-refractivity contribution in [3.63, 3.8) is 0 Å². The molecule has 0 spiro atoms. The van der Waals surface area contributed by atoms with Crippen LogP contribution in [0.25, 0.3) is 0 Å². The number of halogens is 2. The van der Waals surface area contributed by atoms with Crippen LogP contribution in [0.2, 0.25) is 0 Å². The number of ketones is 1. The zero-order valence-electron chi connectivity index (χ0n) is 16.7. The lowest BCUT2D eigenvalue weighted by atomic mass is 9.90. The van der Waals surface area contributed by atoms with Gasteiger partial charge in [0.05, 0.1) is 12.7 Å². The Kier molecular flexibility index (Phi) is 6.26. The standard InChI is InChI=1S/C20H25F2N5O2/c1-27(2)12-6-4-11(5-7-12)25-20-24-10-13(19(23)26-20)18(28)16-15(29-3)9-8-14(21)17(16)22/h8-12H,4-7H2,1-3H3,(H3,23,24,25,26). The van der Waals surface area contributed by atoms with Crippen LogP contribution < -0.4 is 15.8 Å². The van der Waals surface area contributed by atoms with Crippen LogP contribution in [-0.4, -0.2) is 53.9 Å². The molecule has 9 heteroatoms. The van der Waals surface area contributed by atoms with Crippen molar-refractivity contribution in [2.45, 2.75) is 37.8 Å². The van der Waals surface area contributed by atoms with Crippen molar-refractivity contribution in [3.8, 4) is 5.75 Å². The largest absolute Gasteiger partial charge is 0.496 e. The molecule has 29 heavy (non-hydrogen) atoms. The summed E-state index contributed by atoms with van der Waals surface area (Å²) in [5, 5.41) is 3.24. The normalized spacial score (nSPS) is 19.2. The number of hydrogen-bond donors (Lipinski definition) is 2. The molecule has 3 rings (SSSR count). The van der Waals surface area contributed by atoms with E-state index in [4.69, 9.17) is 10.5 Å². The fraction of sp³-hybridized carbons (Fsp3) is 0.450. The van der Waals surface area contributed by atoms with Crippen LogP contribution in [0, 0.1) is 11.6 Å². The molecule has 0 atom stereocenters. The Morgan fingerprint density at radius 2 is 1.93 bits per heavy atom. The minimum Gasteiger partial charge on any atom is -0.496 e. The third-order valence-corrected chi connectivity index (χ3v) is 5.33. The van der Waals surface area contributed by atoms with E-state index in [9.17, 15) is 13.6 Å². The Bertz CT molecular complexity index is 899. The number of nitrogens with one attached hydrogen (secondary N) is 1. The molecule has 0 aliphatic heterocycles. The molecule has 156 valence electrons. The lowest BCUT2D eigenvalue weighted by Crippen LogP contribution is -2.36. The molecular formula is C20H25F2N5O2. The van der Waals surface area contributed by atoms with Crippen LogP contribution in [0.3, 0.4) is 0 Å². The Morgan fingerprint density at radius 3 is 2.52 bits per heavy atom. The molecule has 7 nitrogen and oxygen atoms in total. The average molecular weight is 405 g/mol. The highest BCUT2D eigenvalue weighted by atomic mass is 19.2. The van der Waals surface area contributed by atoms with Gasteiger partial charge in [0, 0.05) is 18.3 Å². The maximum atomic E-state index is 14.2. The van der Waals surface area contributed by atoms with E-state index in [0.717, 1.165) is 31.7 Å². The second-order valence-electron chi connectivity index (χ2n) is 7.37. The van der Waals surface area contributed by atoms with Crippen molar-refractivity contribution in [3.05, 3.63) is 41.1 Å². The van der Waals surface area contributed by atoms with Gasteiger partial charge in [0.1, 0.15) is 17.1 Å². The van der Waals surface area contributed by atoms with E-state index in [1.54, 1.807) is 0 Å². The number of nitrogen functional groups attached to an aromatic ring is 1. The molecule has 0 saturated heterocycles. The number of nitrogens with zero attached hydrogens (tertiary/aromatic N) is 3. The number of carbonyl (C=O) groups excluding carboxylic acids is 1. The second-order valence-corrected chi connectivity index (χ2v) is 7.37. The van der Waals surface area contributed by atoms with Gasteiger partial charge in [-0.15, -0.1) is 0 Å². The Hall–Kier alpha value is -2.81. The molecule has 1 aromatic carbocycles. The zero-order valence-corrected chi connectivity index (χ0v) is 16.7. The summed E-state index contributed by atoms with van der Waals surface area (Å²) < 4.78 is 32.8. The number of aromatic nitrogens is 2. The molecule has 0 bridgehead atoms. The lowest BCUT2D eigenvalue weighted by Gasteiger charge is -2.32. The summed E-state index contributed by atoms with van der Waals surface area (Å²) in [6.45, 7) is 0. The van der Waals surface area contributed by atoms with E-state index in [1.165, 1.54) is 19.4 Å². The fourth-order valence-corrected chi connectivity index (χ4v) is 3.61. The number of carbonyl (C=O) groups is 1. The van der Waals surface area contributed by atoms with Crippen LogP contribution in [0.15, 0.2) is 18.3 Å². The van der Waals surface area contributed by atoms with E-state index >= 15 is 0 Å². The van der Waals surface area contributed by atoms with E-state index in [1.807, 2.05) is 0 Å². The first-order valence-electron chi connectivity index (χ1n) is 9.44. The number of nitrogens with two attached hydrogens (primary N) is 1. The first-order chi connectivity index (χ1) is 13.8. The van der Waals surface area contributed by atoms with E-state index in [-0.39, 0.29) is 23.2 Å². The van der Waals surface area contributed by atoms with Crippen LogP contribution in [0.1, 0.15) is 41.6 Å². The van der Waals surface area contributed by atoms with Gasteiger partial charge < -0.3 is 20.7 Å². The third kappa shape index (κ3) is 4.45. The van der Waals surface area contributed by atoms with Crippen molar-refractivity contribution >= 4 is 17.5 Å². The maximum absolute atomic E-state index is 14.2. The van der Waals surface area contributed by atoms with Crippen molar-refractivity contribution in [1.29, 1.82) is 0 Å². The van der Waals surface area contributed by atoms with Gasteiger partial charge in [-0.3, -0.25) is 4.79 Å². The molecule has 1 fully saturated rings. The number of ether oxygens (including phenoxy) is 1. The molecule has 1 heterocycles. The minimum atomic E-state index is -1.30. The highest BCUT2D eigenvalue weighted by Crippen LogP contribution is 2.28. The summed E-state index contributed by atoms with van der Waals surface area (Å²) in [4.78, 5) is 23.3. The van der Waals surface area contributed by atoms with Gasteiger partial charge in [-0.25, -0.2) is 13.8 Å². The van der Waals surface area contributed by atoms with Crippen LogP contribution in [-0.2, 0) is 0 Å². The molecular weight excluding hydrogens is 380 g/mol. The number of rotatable bonds is 6. The number of methoxy groups -OCH3 is 1. The van der Waals surface area contributed by atoms with Crippen LogP contribution in [0.4, 0.5) is 20.5 Å². The van der Waals surface area contributed by atoms with Crippen LogP contribution in [0.5, 0.6) is 5.75 Å². The minimum absolute atomic E-state index is 0.0897. The SMILES string of the molecule is COc1ccc(F)c(F)c1C(=O)c1cnc(NC2CCC(N(C)C)CC2)nc1N. The Morgan fingerprint density at radius 1 is 1.24 bits per heavy atom. The average Bonchev–Trinajstić information content (AvgIpc) is 2.70. The first kappa shape index (κ1) is 20.9. The maximum Gasteiger partial charge on any atom is 0.224 e. The topological polar surface area (TPSA) is 93.4 Å². The van der Waals surface area contributed by atoms with Gasteiger partial charge in [0.2, 0.25) is 11.7 Å². The monoisotopic (exact) mass is 405 g/mol. The Balaban J connectivity index is 1.77. The summed E-state index contributed by atoms with van der Waals surface area (Å²) in [7, 11) is 5.42. The first-order valence-corrected chi connectivity index (χ1v) is 9.44. The molecule has 3 N–H and O–H groups in total. The third-order valence-electron chi connectivity index (χ3n) is 5.33. The summed E-state index contributed by atoms with van der Waals surface area (Å²) in [5.74, 6) is -3.18. The van der Waals surface area contributed by atoms with Gasteiger partial charge >= 0.3 is 0 Å². The van der Waals surface area contributed by atoms with Gasteiger partial charge in [0.25, 0.3) is 0 Å². The van der Waals surface area contributed by atoms with E-state index in [2.05, 4.69) is 34.3 Å². The molecule has 2 aromatic rings. The smallest absolute Gasteiger partial charge is 0.224 e. The molecule has 0 radical (unpaired) electrons. The number of anilines is 2. The molecule has 1 saturated carbocycles. The van der Waals surface area contributed by atoms with Crippen molar-refractivity contribution in [2.24, 2.45) is 0 Å². The van der Waals surface area contributed by atoms with Gasteiger partial charge in [-0.2, -0.15) is 4.98 Å². The molecule has 0 unspecified atom stereocenters. The van der Waals surface area contributed by atoms with Gasteiger partial charge in [-0.1, -0.05) is 0 Å². The quantitative estimate of drug-likeness (QED) is 0.714. The fourth-order valence-electron chi connectivity index (χ4n) is 3.61. The summed E-state index contributed by atoms with van der Waals surface area (Å²) >= 11 is 0. The highest BCUT2D eigenvalue weighted by molar-refractivity contribution is 6.13. The zero-order chi connectivity index (χ0) is 21.1. The predicted molar refractivity (Wildman–Crippen MR) is 106 cm³/mol. The van der Waals surface area contributed by atoms with Crippen molar-refractivity contribution in [2.75, 3.05) is 32.3 Å². The Labute approximate surface area is 168 Å². The molecule has 1 aromatic heterocycles. The highest BCUT2D eigenvalue weighted by Gasteiger charge is 2.26. The lowest BCUT2D eigenvalue weighted by molar-refractivity contribution is 0.103. The van der Waals surface area contributed by atoms with Crippen molar-refractivity contribution in [1.82, 2.24) is 14.9 Å². The molecule has 0 amide bonds. The summed E-state index contributed by atoms with van der Waals surface area (Å²) in [5.41, 5.74) is 5.28. The van der Waals surface area contributed by atoms with Gasteiger partial charge in [0.15, 0.2) is 11.6 Å². The van der Waals surface area contributed by atoms with Gasteiger partial charge in [-0.05, 0) is 51.9 Å².